The minimum Gasteiger partial charge on any atom is -0.486 e. The van der Waals surface area contributed by atoms with Crippen molar-refractivity contribution in [3.05, 3.63) is 96.3 Å². The standard InChI is InChI=1S/C26H25N5O2/c27-24-25(30-21-11-12-22-23(15-21)33-14-13-32-22)28-18-29-26(24)31(16-19-7-3-1-4-8-19)17-20-9-5-2-6-10-20/h1-12,15,18H,13-14,16-17,27H2,(H,28,29,30). The number of hydrogen-bond donors (Lipinski definition) is 2. The Morgan fingerprint density at radius 3 is 2.09 bits per heavy atom. The average Bonchev–Trinajstić information content (AvgIpc) is 2.86. The van der Waals surface area contributed by atoms with E-state index in [4.69, 9.17) is 15.2 Å². The van der Waals surface area contributed by atoms with Gasteiger partial charge in [0.25, 0.3) is 0 Å². The highest BCUT2D eigenvalue weighted by Gasteiger charge is 2.18. The van der Waals surface area contributed by atoms with Crippen LogP contribution >= 0.6 is 0 Å². The Morgan fingerprint density at radius 2 is 1.42 bits per heavy atom. The maximum atomic E-state index is 6.59. The fraction of sp³-hybridized carbons (Fsp3) is 0.154. The first-order valence-electron chi connectivity index (χ1n) is 10.9. The molecule has 1 aliphatic heterocycles. The Bertz CT molecular complexity index is 1180. The van der Waals surface area contributed by atoms with E-state index in [1.54, 1.807) is 0 Å². The van der Waals surface area contributed by atoms with E-state index >= 15 is 0 Å². The van der Waals surface area contributed by atoms with Gasteiger partial charge in [0, 0.05) is 24.8 Å². The average molecular weight is 440 g/mol. The van der Waals surface area contributed by atoms with E-state index < -0.39 is 0 Å². The molecule has 1 aromatic heterocycles. The van der Waals surface area contributed by atoms with Crippen LogP contribution in [0.15, 0.2) is 85.2 Å². The minimum atomic E-state index is 0.485. The van der Waals surface area contributed by atoms with Gasteiger partial charge in [-0.25, -0.2) is 9.97 Å². The molecule has 0 saturated carbocycles. The Labute approximate surface area is 192 Å². The van der Waals surface area contributed by atoms with Gasteiger partial charge in [-0.05, 0) is 23.3 Å². The van der Waals surface area contributed by atoms with E-state index in [0.717, 1.165) is 11.4 Å². The second-order valence-corrected chi connectivity index (χ2v) is 7.77. The number of ether oxygens (including phenoxy) is 2. The van der Waals surface area contributed by atoms with Crippen molar-refractivity contribution in [1.82, 2.24) is 9.97 Å². The van der Waals surface area contributed by atoms with Gasteiger partial charge in [0.1, 0.15) is 25.2 Å². The van der Waals surface area contributed by atoms with Crippen LogP contribution in [-0.4, -0.2) is 23.2 Å². The Hall–Kier alpha value is -4.26. The molecule has 0 aliphatic carbocycles. The van der Waals surface area contributed by atoms with Gasteiger partial charge in [0.15, 0.2) is 23.1 Å². The maximum absolute atomic E-state index is 6.59. The van der Waals surface area contributed by atoms with Crippen LogP contribution < -0.4 is 25.4 Å². The number of anilines is 4. The van der Waals surface area contributed by atoms with Gasteiger partial charge < -0.3 is 25.4 Å². The van der Waals surface area contributed by atoms with Gasteiger partial charge in [0.2, 0.25) is 0 Å². The molecule has 0 spiro atoms. The first kappa shape index (κ1) is 20.6. The molecule has 0 unspecified atom stereocenters. The molecule has 7 heteroatoms. The van der Waals surface area contributed by atoms with Crippen LogP contribution in [0.25, 0.3) is 0 Å². The number of hydrogen-bond acceptors (Lipinski definition) is 7. The van der Waals surface area contributed by atoms with Crippen molar-refractivity contribution < 1.29 is 9.47 Å². The quantitative estimate of drug-likeness (QED) is 0.429. The molecular weight excluding hydrogens is 414 g/mol. The van der Waals surface area contributed by atoms with Crippen molar-refractivity contribution in [2.24, 2.45) is 0 Å². The smallest absolute Gasteiger partial charge is 0.163 e. The number of benzene rings is 3. The topological polar surface area (TPSA) is 85.5 Å². The largest absolute Gasteiger partial charge is 0.486 e. The molecule has 166 valence electrons. The molecule has 5 rings (SSSR count). The third-order valence-corrected chi connectivity index (χ3v) is 5.40. The fourth-order valence-corrected chi connectivity index (χ4v) is 3.81. The van der Waals surface area contributed by atoms with Crippen LogP contribution in [0.3, 0.4) is 0 Å². The van der Waals surface area contributed by atoms with Gasteiger partial charge in [-0.1, -0.05) is 60.7 Å². The van der Waals surface area contributed by atoms with Crippen LogP contribution in [0.2, 0.25) is 0 Å². The lowest BCUT2D eigenvalue weighted by atomic mass is 10.1. The Kier molecular flexibility index (Phi) is 5.93. The van der Waals surface area contributed by atoms with E-state index in [-0.39, 0.29) is 0 Å². The van der Waals surface area contributed by atoms with Crippen LogP contribution in [0.5, 0.6) is 11.5 Å². The molecule has 33 heavy (non-hydrogen) atoms. The summed E-state index contributed by atoms with van der Waals surface area (Å²) in [7, 11) is 0. The third kappa shape index (κ3) is 4.82. The van der Waals surface area contributed by atoms with Crippen molar-refractivity contribution in [3.8, 4) is 11.5 Å². The fourth-order valence-electron chi connectivity index (χ4n) is 3.81. The summed E-state index contributed by atoms with van der Waals surface area (Å²) in [6.45, 7) is 2.42. The van der Waals surface area contributed by atoms with E-state index in [9.17, 15) is 0 Å². The normalized spacial score (nSPS) is 12.2. The Morgan fingerprint density at radius 1 is 0.788 bits per heavy atom. The Balaban J connectivity index is 1.45. The molecule has 0 fully saturated rings. The van der Waals surface area contributed by atoms with Crippen molar-refractivity contribution in [3.63, 3.8) is 0 Å². The molecule has 3 N–H and O–H groups in total. The zero-order valence-electron chi connectivity index (χ0n) is 18.1. The van der Waals surface area contributed by atoms with Crippen molar-refractivity contribution in [2.75, 3.05) is 29.2 Å². The highest BCUT2D eigenvalue weighted by Crippen LogP contribution is 2.35. The monoisotopic (exact) mass is 439 g/mol. The van der Waals surface area contributed by atoms with Crippen LogP contribution in [0.1, 0.15) is 11.1 Å². The molecule has 4 aromatic rings. The van der Waals surface area contributed by atoms with Gasteiger partial charge >= 0.3 is 0 Å². The summed E-state index contributed by atoms with van der Waals surface area (Å²) >= 11 is 0. The lowest BCUT2D eigenvalue weighted by Gasteiger charge is -2.26. The van der Waals surface area contributed by atoms with E-state index in [1.807, 2.05) is 54.6 Å². The highest BCUT2D eigenvalue weighted by molar-refractivity contribution is 5.78. The number of nitrogens with one attached hydrogen (secondary N) is 1. The van der Waals surface area contributed by atoms with Gasteiger partial charge in [0.05, 0.1) is 0 Å². The summed E-state index contributed by atoms with van der Waals surface area (Å²) in [4.78, 5) is 11.1. The second-order valence-electron chi connectivity index (χ2n) is 7.77. The van der Waals surface area contributed by atoms with Crippen molar-refractivity contribution >= 4 is 23.0 Å². The van der Waals surface area contributed by atoms with Crippen LogP contribution in [-0.2, 0) is 13.1 Å². The van der Waals surface area contributed by atoms with Crippen LogP contribution in [0, 0.1) is 0 Å². The van der Waals surface area contributed by atoms with E-state index in [0.29, 0.717) is 49.4 Å². The van der Waals surface area contributed by atoms with Crippen molar-refractivity contribution in [2.45, 2.75) is 13.1 Å². The third-order valence-electron chi connectivity index (χ3n) is 5.40. The number of aromatic nitrogens is 2. The number of rotatable bonds is 7. The lowest BCUT2D eigenvalue weighted by molar-refractivity contribution is 0.171. The molecule has 0 radical (unpaired) electrons. The summed E-state index contributed by atoms with van der Waals surface area (Å²) in [5, 5.41) is 3.31. The predicted octanol–water partition coefficient (Wildman–Crippen LogP) is 4.78. The molecule has 3 aromatic carbocycles. The molecular formula is C26H25N5O2. The predicted molar refractivity (Wildman–Crippen MR) is 130 cm³/mol. The first-order valence-corrected chi connectivity index (χ1v) is 10.9. The first-order chi connectivity index (χ1) is 16.3. The number of nitrogens with zero attached hydrogens (tertiary/aromatic N) is 3. The van der Waals surface area contributed by atoms with Gasteiger partial charge in [-0.15, -0.1) is 0 Å². The summed E-state index contributed by atoms with van der Waals surface area (Å²) in [5.41, 5.74) is 10.2. The zero-order chi connectivity index (χ0) is 22.5. The zero-order valence-corrected chi connectivity index (χ0v) is 18.1. The van der Waals surface area contributed by atoms with Crippen molar-refractivity contribution in [1.29, 1.82) is 0 Å². The molecule has 0 saturated heterocycles. The van der Waals surface area contributed by atoms with E-state index in [1.165, 1.54) is 17.5 Å². The summed E-state index contributed by atoms with van der Waals surface area (Å²) in [5.74, 6) is 2.66. The molecule has 0 bridgehead atoms. The maximum Gasteiger partial charge on any atom is 0.163 e. The number of fused-ring (bicyclic) bond motifs is 1. The minimum absolute atomic E-state index is 0.485. The number of nitrogens with two attached hydrogens (primary N) is 1. The lowest BCUT2D eigenvalue weighted by Crippen LogP contribution is -2.24. The second kappa shape index (κ2) is 9.48. The summed E-state index contributed by atoms with van der Waals surface area (Å²) in [6.07, 6.45) is 1.54. The molecule has 1 aliphatic rings. The molecule has 7 nitrogen and oxygen atoms in total. The highest BCUT2D eigenvalue weighted by atomic mass is 16.6. The van der Waals surface area contributed by atoms with Crippen LogP contribution in [0.4, 0.5) is 23.0 Å². The van der Waals surface area contributed by atoms with E-state index in [2.05, 4.69) is 44.5 Å². The molecule has 0 amide bonds. The van der Waals surface area contributed by atoms with Gasteiger partial charge in [-0.3, -0.25) is 0 Å². The SMILES string of the molecule is Nc1c(Nc2ccc3c(c2)OCCO3)ncnc1N(Cc1ccccc1)Cc1ccccc1. The molecule has 0 atom stereocenters. The summed E-state index contributed by atoms with van der Waals surface area (Å²) < 4.78 is 11.3. The summed E-state index contributed by atoms with van der Waals surface area (Å²) in [6, 6.07) is 26.3. The number of nitrogen functional groups attached to an aromatic ring is 1. The van der Waals surface area contributed by atoms with Gasteiger partial charge in [-0.2, -0.15) is 0 Å². The molecule has 2 heterocycles.